The molecule has 4 rings (SSSR count). The third-order valence-electron chi connectivity index (χ3n) is 6.38. The number of β-lactam (4-membered cyclic amide) rings is 1. The quantitative estimate of drug-likeness (QED) is 0.0475. The Labute approximate surface area is 245 Å². The Kier molecular flexibility index (Phi) is 8.31. The van der Waals surface area contributed by atoms with Gasteiger partial charge in [-0.2, -0.15) is 0 Å². The monoisotopic (exact) mass is 624 g/mol. The predicted molar refractivity (Wildman–Crippen MR) is 150 cm³/mol. The average molecular weight is 625 g/mol. The van der Waals surface area contributed by atoms with Crippen LogP contribution < -0.4 is 27.1 Å². The molecule has 1 saturated heterocycles. The third kappa shape index (κ3) is 5.59. The maximum Gasteiger partial charge on any atom is 0.357 e. The van der Waals surface area contributed by atoms with Crippen LogP contribution in [0.5, 0.6) is 0 Å². The van der Waals surface area contributed by atoms with Crippen LogP contribution in [0, 0.1) is 6.92 Å². The van der Waals surface area contributed by atoms with Gasteiger partial charge in [0.2, 0.25) is 11.6 Å². The number of thiazole rings is 1. The van der Waals surface area contributed by atoms with Gasteiger partial charge in [-0.25, -0.2) is 19.1 Å². The molecule has 19 heteroatoms. The van der Waals surface area contributed by atoms with Crippen molar-refractivity contribution in [2.75, 3.05) is 28.7 Å². The van der Waals surface area contributed by atoms with Gasteiger partial charge < -0.3 is 37.6 Å². The van der Waals surface area contributed by atoms with Gasteiger partial charge in [0.25, 0.3) is 17.4 Å². The second-order valence-electron chi connectivity index (χ2n) is 9.03. The van der Waals surface area contributed by atoms with E-state index < -0.39 is 40.8 Å². The van der Waals surface area contributed by atoms with Crippen LogP contribution >= 0.6 is 34.9 Å². The van der Waals surface area contributed by atoms with Crippen molar-refractivity contribution in [2.24, 2.45) is 12.2 Å². The van der Waals surface area contributed by atoms with Crippen molar-refractivity contribution in [1.29, 1.82) is 0 Å². The zero-order chi connectivity index (χ0) is 30.2. The summed E-state index contributed by atoms with van der Waals surface area (Å²) in [5.74, 6) is -2.98. The van der Waals surface area contributed by atoms with Crippen LogP contribution in [-0.4, -0.2) is 78.0 Å². The van der Waals surface area contributed by atoms with Crippen molar-refractivity contribution in [1.82, 2.24) is 20.2 Å². The summed E-state index contributed by atoms with van der Waals surface area (Å²) in [4.78, 5) is 63.7. The molecule has 2 amide bonds. The average Bonchev–Trinajstić information content (AvgIpc) is 3.37. The number of carbonyl (C=O) groups excluding carboxylic acids is 2. The lowest BCUT2D eigenvalue weighted by Crippen LogP contribution is -2.70. The highest BCUT2D eigenvalue weighted by molar-refractivity contribution is 8.01. The Morgan fingerprint density at radius 3 is 2.66 bits per heavy atom. The molecule has 0 aromatic carbocycles. The van der Waals surface area contributed by atoms with Gasteiger partial charge in [-0.3, -0.25) is 14.5 Å². The van der Waals surface area contributed by atoms with Gasteiger partial charge in [-0.05, 0) is 31.2 Å². The number of carboxylic acids is 2. The lowest BCUT2D eigenvalue weighted by molar-refractivity contribution is -0.699. The van der Waals surface area contributed by atoms with Gasteiger partial charge in [-0.15, -0.1) is 23.1 Å². The molecule has 0 radical (unpaired) electrons. The van der Waals surface area contributed by atoms with Crippen molar-refractivity contribution in [2.45, 2.75) is 36.0 Å². The van der Waals surface area contributed by atoms with Gasteiger partial charge in [0.1, 0.15) is 29.0 Å². The maximum atomic E-state index is 12.9. The molecule has 2 aromatic rings. The molecule has 2 aliphatic rings. The summed E-state index contributed by atoms with van der Waals surface area (Å²) in [6, 6.07) is -1.03. The molecule has 1 fully saturated rings. The normalized spacial score (nSPS) is 19.9. The van der Waals surface area contributed by atoms with Crippen molar-refractivity contribution in [3.05, 3.63) is 27.9 Å². The number of carbonyl (C=O) groups is 4. The van der Waals surface area contributed by atoms with Crippen LogP contribution in [0.25, 0.3) is 0 Å². The summed E-state index contributed by atoms with van der Waals surface area (Å²) in [6.07, 6.45) is 0.683. The number of hydrogen-bond acceptors (Lipinski definition) is 14. The molecule has 0 bridgehead atoms. The molecule has 2 aromatic heterocycles. The minimum Gasteiger partial charge on any atom is -0.478 e. The minimum absolute atomic E-state index is 0.00530. The van der Waals surface area contributed by atoms with Gasteiger partial charge >= 0.3 is 17.1 Å². The number of nitrogens with zero attached hydrogens (tertiary/aromatic N) is 5. The first-order valence-corrected chi connectivity index (χ1v) is 14.6. The van der Waals surface area contributed by atoms with E-state index in [9.17, 15) is 29.4 Å². The van der Waals surface area contributed by atoms with Crippen LogP contribution in [0.4, 0.5) is 16.8 Å². The number of rotatable bonds is 10. The molecule has 2 aliphatic heterocycles. The first kappa shape index (κ1) is 29.9. The predicted octanol–water partition coefficient (Wildman–Crippen LogP) is -0.749. The van der Waals surface area contributed by atoms with Gasteiger partial charge in [0.15, 0.2) is 5.13 Å². The highest BCUT2D eigenvalue weighted by atomic mass is 32.2. The van der Waals surface area contributed by atoms with E-state index in [1.54, 1.807) is 18.5 Å². The Hall–Kier alpha value is -4.10. The molecule has 41 heavy (non-hydrogen) atoms. The second kappa shape index (κ2) is 11.4. The lowest BCUT2D eigenvalue weighted by Gasteiger charge is -2.49. The van der Waals surface area contributed by atoms with E-state index in [-0.39, 0.29) is 33.8 Å². The summed E-state index contributed by atoms with van der Waals surface area (Å²) in [6.45, 7) is 2.93. The summed E-state index contributed by atoms with van der Waals surface area (Å²) in [5.41, 5.74) is 16.5. The highest BCUT2D eigenvalue weighted by Crippen LogP contribution is 2.41. The van der Waals surface area contributed by atoms with Crippen LogP contribution in [0.3, 0.4) is 0 Å². The number of aromatic nitrogens is 3. The van der Waals surface area contributed by atoms with E-state index in [4.69, 9.17) is 22.0 Å². The van der Waals surface area contributed by atoms with Crippen molar-refractivity contribution in [3.63, 3.8) is 0 Å². The second-order valence-corrected chi connectivity index (χ2v) is 12.0. The first-order valence-electron chi connectivity index (χ1n) is 11.7. The SMILES string of the molecule is Cc1c(N)nc(SCC2=C(C(=O)O)N3C(=O)C(NC(=O)/C=N\O[C@](C)(C(=O)O)c4csc(N)n4)C3SC2)[n+](C)c1N. The van der Waals surface area contributed by atoms with Gasteiger partial charge in [0.05, 0.1) is 12.6 Å². The number of hydrogen-bond donors (Lipinski definition) is 6. The van der Waals surface area contributed by atoms with Gasteiger partial charge in [-0.1, -0.05) is 10.1 Å². The number of carboxylic acid groups (broad SMARTS) is 2. The highest BCUT2D eigenvalue weighted by Gasteiger charge is 2.54. The zero-order valence-corrected chi connectivity index (χ0v) is 24.3. The number of amides is 2. The molecular formula is C22H26N9O7S3+. The van der Waals surface area contributed by atoms with E-state index in [0.717, 1.165) is 16.2 Å². The number of nitrogens with one attached hydrogen (secondary N) is 1. The van der Waals surface area contributed by atoms with Crippen LogP contribution in [0.2, 0.25) is 0 Å². The molecule has 9 N–H and O–H groups in total. The van der Waals surface area contributed by atoms with E-state index in [1.165, 1.54) is 35.8 Å². The fourth-order valence-electron chi connectivity index (χ4n) is 3.90. The first-order chi connectivity index (χ1) is 19.3. The van der Waals surface area contributed by atoms with Crippen molar-refractivity contribution >= 4 is 81.6 Å². The molecule has 0 aliphatic carbocycles. The van der Waals surface area contributed by atoms with E-state index >= 15 is 0 Å². The number of oxime groups is 1. The minimum atomic E-state index is -2.01. The molecule has 3 atom stereocenters. The summed E-state index contributed by atoms with van der Waals surface area (Å²) in [5, 5.41) is 26.7. The van der Waals surface area contributed by atoms with Crippen molar-refractivity contribution < 1.29 is 38.8 Å². The Balaban J connectivity index is 1.42. The summed E-state index contributed by atoms with van der Waals surface area (Å²) < 4.78 is 1.65. The Morgan fingerprint density at radius 2 is 2.05 bits per heavy atom. The molecule has 2 unspecified atom stereocenters. The number of fused-ring (bicyclic) bond motifs is 1. The molecule has 218 valence electrons. The van der Waals surface area contributed by atoms with Gasteiger partial charge in [0, 0.05) is 16.9 Å². The van der Waals surface area contributed by atoms with Crippen molar-refractivity contribution in [3.8, 4) is 0 Å². The smallest absolute Gasteiger partial charge is 0.357 e. The van der Waals surface area contributed by atoms with Crippen LogP contribution in [-0.2, 0) is 36.7 Å². The fourth-order valence-corrected chi connectivity index (χ4v) is 7.03. The Morgan fingerprint density at radius 1 is 1.34 bits per heavy atom. The molecule has 0 saturated carbocycles. The largest absolute Gasteiger partial charge is 0.478 e. The molecule has 0 spiro atoms. The maximum absolute atomic E-state index is 12.9. The standard InChI is InChI=1S/C22H25N9O7S3/c1-8-14(23)29-21(30(3)15(8)24)41-6-9-5-39-17-12(16(33)31(17)13(9)18(34)35)28-11(32)4-26-38-22(2,19(36)37)10-7-40-20(25)27-10/h4,7,12,17H,5-6H2,1-3H3,(H8,23,24,25,27,28,32,34,35,36,37)/p+1/b26-4-/t12?,17?,22-/m0/s1. The number of anilines is 3. The summed E-state index contributed by atoms with van der Waals surface area (Å²) >= 11 is 3.52. The fraction of sp³-hybridized carbons (Fsp3) is 0.364. The summed E-state index contributed by atoms with van der Waals surface area (Å²) in [7, 11) is 1.72. The van der Waals surface area contributed by atoms with E-state index in [0.29, 0.717) is 28.3 Å². The van der Waals surface area contributed by atoms with Crippen LogP contribution in [0.15, 0.2) is 27.0 Å². The molecule has 4 heterocycles. The van der Waals surface area contributed by atoms with E-state index in [1.807, 2.05) is 0 Å². The molecule has 16 nitrogen and oxygen atoms in total. The zero-order valence-electron chi connectivity index (χ0n) is 21.9. The van der Waals surface area contributed by atoms with Crippen LogP contribution in [0.1, 0.15) is 18.2 Å². The number of aliphatic carboxylic acids is 2. The van der Waals surface area contributed by atoms with E-state index in [2.05, 4.69) is 20.4 Å². The molecular weight excluding hydrogens is 598 g/mol. The number of nitrogens with two attached hydrogens (primary N) is 3. The topological polar surface area (TPSA) is 253 Å². The number of thioether (sulfide) groups is 2. The third-order valence-corrected chi connectivity index (χ3v) is 9.51. The Bertz CT molecular complexity index is 1510. The lowest BCUT2D eigenvalue weighted by atomic mass is 10.0. The number of nitrogen functional groups attached to an aromatic ring is 3.